The summed E-state index contributed by atoms with van der Waals surface area (Å²) < 4.78 is 25.6. The highest BCUT2D eigenvalue weighted by Gasteiger charge is 2.30. The molecule has 1 saturated carbocycles. The molecule has 0 spiro atoms. The molecule has 2 rings (SSSR count). The first-order chi connectivity index (χ1) is 10.4. The lowest BCUT2D eigenvalue weighted by Gasteiger charge is -2.31. The van der Waals surface area contributed by atoms with Gasteiger partial charge in [-0.3, -0.25) is 4.79 Å². The van der Waals surface area contributed by atoms with E-state index in [0.717, 1.165) is 19.3 Å². The molecule has 1 saturated heterocycles. The molecule has 0 bridgehead atoms. The van der Waals surface area contributed by atoms with Crippen LogP contribution >= 0.6 is 12.4 Å². The third-order valence-electron chi connectivity index (χ3n) is 4.84. The van der Waals surface area contributed by atoms with Gasteiger partial charge in [0, 0.05) is 31.6 Å². The normalized spacial score (nSPS) is 26.7. The van der Waals surface area contributed by atoms with E-state index in [-0.39, 0.29) is 36.2 Å². The number of nitrogens with one attached hydrogen (secondary N) is 1. The number of piperidine rings is 1. The Morgan fingerprint density at radius 2 is 1.87 bits per heavy atom. The molecular weight excluding hydrogens is 338 g/mol. The van der Waals surface area contributed by atoms with Crippen molar-refractivity contribution in [3.05, 3.63) is 0 Å². The number of amides is 1. The van der Waals surface area contributed by atoms with Gasteiger partial charge in [-0.1, -0.05) is 13.3 Å². The van der Waals surface area contributed by atoms with Crippen LogP contribution in [0.4, 0.5) is 0 Å². The van der Waals surface area contributed by atoms with Crippen molar-refractivity contribution in [2.45, 2.75) is 64.0 Å². The molecule has 0 unspecified atom stereocenters. The number of carbonyl (C=O) groups is 1. The highest BCUT2D eigenvalue weighted by atomic mass is 35.5. The fourth-order valence-corrected chi connectivity index (χ4v) is 5.05. The molecule has 1 aliphatic heterocycles. The van der Waals surface area contributed by atoms with Crippen LogP contribution in [-0.4, -0.2) is 49.6 Å². The van der Waals surface area contributed by atoms with Crippen LogP contribution < -0.4 is 11.1 Å². The molecular formula is C15H30ClN3O3S. The molecule has 1 aliphatic carbocycles. The van der Waals surface area contributed by atoms with Crippen molar-refractivity contribution in [2.75, 3.05) is 18.8 Å². The van der Waals surface area contributed by atoms with Crippen LogP contribution in [-0.2, 0) is 14.8 Å². The van der Waals surface area contributed by atoms with Gasteiger partial charge in [-0.2, -0.15) is 0 Å². The average Bonchev–Trinajstić information content (AvgIpc) is 2.84. The quantitative estimate of drug-likeness (QED) is 0.738. The van der Waals surface area contributed by atoms with Gasteiger partial charge in [0.25, 0.3) is 0 Å². The lowest BCUT2D eigenvalue weighted by Crippen LogP contribution is -2.47. The van der Waals surface area contributed by atoms with E-state index >= 15 is 0 Å². The first kappa shape index (κ1) is 20.7. The standard InChI is InChI=1S/C15H29N3O3S.ClH/c1-2-10-22(20,21)18-8-6-13(7-9-18)17-15(19)11-12-4-3-5-14(12)16;/h12-14H,2-11,16H2,1H3,(H,17,19);1H/t12-,14+;/m0./s1. The van der Waals surface area contributed by atoms with E-state index in [0.29, 0.717) is 44.7 Å². The Hall–Kier alpha value is -0.370. The maximum absolute atomic E-state index is 12.1. The van der Waals surface area contributed by atoms with Crippen LogP contribution in [0.3, 0.4) is 0 Å². The fourth-order valence-electron chi connectivity index (χ4n) is 3.51. The van der Waals surface area contributed by atoms with Crippen LogP contribution in [0.1, 0.15) is 51.9 Å². The summed E-state index contributed by atoms with van der Waals surface area (Å²) >= 11 is 0. The first-order valence-electron chi connectivity index (χ1n) is 8.45. The Labute approximate surface area is 146 Å². The minimum atomic E-state index is -3.11. The van der Waals surface area contributed by atoms with E-state index in [2.05, 4.69) is 5.32 Å². The lowest BCUT2D eigenvalue weighted by atomic mass is 9.99. The zero-order valence-corrected chi connectivity index (χ0v) is 15.5. The maximum Gasteiger partial charge on any atom is 0.220 e. The number of nitrogens with two attached hydrogens (primary N) is 1. The lowest BCUT2D eigenvalue weighted by molar-refractivity contribution is -0.123. The van der Waals surface area contributed by atoms with Gasteiger partial charge in [-0.15, -0.1) is 12.4 Å². The highest BCUT2D eigenvalue weighted by molar-refractivity contribution is 7.89. The second-order valence-electron chi connectivity index (χ2n) is 6.62. The number of hydrogen-bond donors (Lipinski definition) is 2. The average molecular weight is 368 g/mol. The van der Waals surface area contributed by atoms with Crippen LogP contribution in [0.2, 0.25) is 0 Å². The van der Waals surface area contributed by atoms with Crippen molar-refractivity contribution in [1.29, 1.82) is 0 Å². The number of carbonyl (C=O) groups excluding carboxylic acids is 1. The molecule has 136 valence electrons. The Morgan fingerprint density at radius 3 is 2.39 bits per heavy atom. The van der Waals surface area contributed by atoms with Crippen molar-refractivity contribution in [3.8, 4) is 0 Å². The Bertz CT molecular complexity index is 478. The van der Waals surface area contributed by atoms with E-state index < -0.39 is 10.0 Å². The summed E-state index contributed by atoms with van der Waals surface area (Å²) in [5.41, 5.74) is 6.00. The van der Waals surface area contributed by atoms with Crippen LogP contribution in [0, 0.1) is 5.92 Å². The Balaban J connectivity index is 0.00000264. The Morgan fingerprint density at radius 1 is 1.22 bits per heavy atom. The predicted molar refractivity (Wildman–Crippen MR) is 94.0 cm³/mol. The summed E-state index contributed by atoms with van der Waals surface area (Å²) in [5, 5.41) is 3.05. The van der Waals surface area contributed by atoms with Gasteiger partial charge >= 0.3 is 0 Å². The minimum Gasteiger partial charge on any atom is -0.353 e. The first-order valence-corrected chi connectivity index (χ1v) is 10.1. The van der Waals surface area contributed by atoms with Crippen LogP contribution in [0.5, 0.6) is 0 Å². The van der Waals surface area contributed by atoms with E-state index in [9.17, 15) is 13.2 Å². The molecule has 8 heteroatoms. The molecule has 2 fully saturated rings. The summed E-state index contributed by atoms with van der Waals surface area (Å²) in [7, 11) is -3.11. The van der Waals surface area contributed by atoms with Gasteiger partial charge in [0.15, 0.2) is 0 Å². The van der Waals surface area contributed by atoms with Crippen LogP contribution in [0.25, 0.3) is 0 Å². The van der Waals surface area contributed by atoms with E-state index in [1.807, 2.05) is 6.92 Å². The summed E-state index contributed by atoms with van der Waals surface area (Å²) in [6.07, 6.45) is 5.73. The van der Waals surface area contributed by atoms with Gasteiger partial charge in [0.2, 0.25) is 15.9 Å². The maximum atomic E-state index is 12.1. The largest absolute Gasteiger partial charge is 0.353 e. The third-order valence-corrected chi connectivity index (χ3v) is 6.92. The van der Waals surface area contributed by atoms with Crippen molar-refractivity contribution in [2.24, 2.45) is 11.7 Å². The van der Waals surface area contributed by atoms with Crippen molar-refractivity contribution in [1.82, 2.24) is 9.62 Å². The molecule has 2 atom stereocenters. The van der Waals surface area contributed by atoms with E-state index in [1.54, 1.807) is 4.31 Å². The highest BCUT2D eigenvalue weighted by Crippen LogP contribution is 2.26. The predicted octanol–water partition coefficient (Wildman–Crippen LogP) is 1.25. The molecule has 1 amide bonds. The topological polar surface area (TPSA) is 92.5 Å². The molecule has 2 aliphatic rings. The number of sulfonamides is 1. The molecule has 0 radical (unpaired) electrons. The van der Waals surface area contributed by atoms with Gasteiger partial charge in [0.1, 0.15) is 0 Å². The number of hydrogen-bond acceptors (Lipinski definition) is 4. The molecule has 6 nitrogen and oxygen atoms in total. The molecule has 0 aromatic carbocycles. The SMILES string of the molecule is CCCS(=O)(=O)N1CCC(NC(=O)C[C@@H]2CCC[C@H]2N)CC1.Cl. The molecule has 1 heterocycles. The van der Waals surface area contributed by atoms with Crippen LogP contribution in [0.15, 0.2) is 0 Å². The Kier molecular flexibility index (Phi) is 8.27. The molecule has 0 aromatic heterocycles. The second-order valence-corrected chi connectivity index (χ2v) is 8.70. The van der Waals surface area contributed by atoms with Crippen molar-refractivity contribution in [3.63, 3.8) is 0 Å². The zero-order valence-electron chi connectivity index (χ0n) is 13.9. The molecule has 3 N–H and O–H groups in total. The summed E-state index contributed by atoms with van der Waals surface area (Å²) in [4.78, 5) is 12.1. The van der Waals surface area contributed by atoms with Gasteiger partial charge < -0.3 is 11.1 Å². The van der Waals surface area contributed by atoms with E-state index in [1.165, 1.54) is 0 Å². The zero-order chi connectivity index (χ0) is 16.2. The van der Waals surface area contributed by atoms with Crippen molar-refractivity contribution < 1.29 is 13.2 Å². The second kappa shape index (κ2) is 9.20. The molecule has 0 aromatic rings. The smallest absolute Gasteiger partial charge is 0.220 e. The monoisotopic (exact) mass is 367 g/mol. The summed E-state index contributed by atoms with van der Waals surface area (Å²) in [6, 6.07) is 0.255. The fraction of sp³-hybridized carbons (Fsp3) is 0.933. The third kappa shape index (κ3) is 5.89. The van der Waals surface area contributed by atoms with Gasteiger partial charge in [-0.05, 0) is 38.0 Å². The minimum absolute atomic E-state index is 0. The molecule has 23 heavy (non-hydrogen) atoms. The summed E-state index contributed by atoms with van der Waals surface area (Å²) in [5.74, 6) is 0.589. The van der Waals surface area contributed by atoms with Gasteiger partial charge in [-0.25, -0.2) is 12.7 Å². The van der Waals surface area contributed by atoms with Crippen molar-refractivity contribution >= 4 is 28.3 Å². The number of nitrogens with zero attached hydrogens (tertiary/aromatic N) is 1. The number of rotatable bonds is 6. The van der Waals surface area contributed by atoms with E-state index in [4.69, 9.17) is 5.73 Å². The van der Waals surface area contributed by atoms with Gasteiger partial charge in [0.05, 0.1) is 5.75 Å². The number of halogens is 1. The summed E-state index contributed by atoms with van der Waals surface area (Å²) in [6.45, 7) is 2.89.